The number of hydrogen-bond acceptors (Lipinski definition) is 5. The minimum atomic E-state index is -0.509. The lowest BCUT2D eigenvalue weighted by Gasteiger charge is -2.26. The van der Waals surface area contributed by atoms with Crippen LogP contribution in [0.15, 0.2) is 29.6 Å². The molecule has 0 bridgehead atoms. The van der Waals surface area contributed by atoms with Crippen LogP contribution in [0.1, 0.15) is 25.3 Å². The van der Waals surface area contributed by atoms with Crippen molar-refractivity contribution >= 4 is 22.4 Å². The van der Waals surface area contributed by atoms with E-state index in [2.05, 4.69) is 41.5 Å². The Morgan fingerprint density at radius 1 is 1.38 bits per heavy atom. The minimum Gasteiger partial charge on any atom is -0.381 e. The summed E-state index contributed by atoms with van der Waals surface area (Å²) in [5, 5.41) is 5.40. The fourth-order valence-electron chi connectivity index (χ4n) is 2.85. The number of amides is 1. The molecule has 0 spiro atoms. The van der Waals surface area contributed by atoms with E-state index in [0.717, 1.165) is 30.5 Å². The summed E-state index contributed by atoms with van der Waals surface area (Å²) >= 11 is 1.42. The van der Waals surface area contributed by atoms with Gasteiger partial charge >= 0.3 is 0 Å². The summed E-state index contributed by atoms with van der Waals surface area (Å²) in [6.45, 7) is 3.49. The van der Waals surface area contributed by atoms with E-state index in [-0.39, 0.29) is 11.8 Å². The van der Waals surface area contributed by atoms with Crippen molar-refractivity contribution in [3.05, 3.63) is 35.2 Å². The highest BCUT2D eigenvalue weighted by Crippen LogP contribution is 2.26. The Morgan fingerprint density at radius 3 is 2.75 bits per heavy atom. The minimum absolute atomic E-state index is 0.163. The largest absolute Gasteiger partial charge is 0.381 e. The third-order valence-corrected chi connectivity index (χ3v) is 5.23. The molecule has 24 heavy (non-hydrogen) atoms. The highest BCUT2D eigenvalue weighted by Gasteiger charge is 2.27. The maximum Gasteiger partial charge on any atom is 0.243 e. The van der Waals surface area contributed by atoms with Crippen LogP contribution in [0.25, 0.3) is 11.3 Å². The Bertz CT molecular complexity index is 678. The van der Waals surface area contributed by atoms with Gasteiger partial charge in [0.05, 0.1) is 11.7 Å². The van der Waals surface area contributed by atoms with E-state index >= 15 is 0 Å². The zero-order valence-corrected chi connectivity index (χ0v) is 14.6. The SMILES string of the molecule is CCc1ccc(-c2csc(NC(=O)C(N)C3CCOCC3)n2)cc1. The van der Waals surface area contributed by atoms with Gasteiger partial charge in [0.1, 0.15) is 0 Å². The van der Waals surface area contributed by atoms with Crippen LogP contribution < -0.4 is 11.1 Å². The smallest absolute Gasteiger partial charge is 0.243 e. The van der Waals surface area contributed by atoms with E-state index < -0.39 is 6.04 Å². The van der Waals surface area contributed by atoms with E-state index in [4.69, 9.17) is 10.5 Å². The molecule has 1 aromatic carbocycles. The number of carbonyl (C=O) groups is 1. The number of anilines is 1. The van der Waals surface area contributed by atoms with Crippen molar-refractivity contribution < 1.29 is 9.53 Å². The van der Waals surface area contributed by atoms with E-state index in [1.165, 1.54) is 16.9 Å². The molecule has 0 aliphatic carbocycles. The van der Waals surface area contributed by atoms with Crippen molar-refractivity contribution in [3.8, 4) is 11.3 Å². The van der Waals surface area contributed by atoms with Gasteiger partial charge in [0.15, 0.2) is 5.13 Å². The molecule has 3 N–H and O–H groups in total. The summed E-state index contributed by atoms with van der Waals surface area (Å²) in [6.07, 6.45) is 2.69. The van der Waals surface area contributed by atoms with Crippen molar-refractivity contribution in [1.82, 2.24) is 4.98 Å². The third kappa shape index (κ3) is 4.01. The number of ether oxygens (including phenoxy) is 1. The molecule has 0 radical (unpaired) electrons. The predicted molar refractivity (Wildman–Crippen MR) is 97.1 cm³/mol. The molecule has 1 unspecified atom stereocenters. The van der Waals surface area contributed by atoms with Crippen molar-refractivity contribution in [2.45, 2.75) is 32.2 Å². The summed E-state index contributed by atoms with van der Waals surface area (Å²) < 4.78 is 5.32. The van der Waals surface area contributed by atoms with E-state index in [9.17, 15) is 4.79 Å². The maximum absolute atomic E-state index is 12.3. The molecule has 2 aromatic rings. The monoisotopic (exact) mass is 345 g/mol. The van der Waals surface area contributed by atoms with Gasteiger partial charge in [0.25, 0.3) is 0 Å². The quantitative estimate of drug-likeness (QED) is 0.873. The molecule has 0 saturated carbocycles. The Balaban J connectivity index is 1.63. The first kappa shape index (κ1) is 17.1. The highest BCUT2D eigenvalue weighted by molar-refractivity contribution is 7.14. The van der Waals surface area contributed by atoms with Crippen molar-refractivity contribution in [2.75, 3.05) is 18.5 Å². The second-order valence-corrected chi connectivity index (χ2v) is 6.91. The molecular formula is C18H23N3O2S. The number of nitrogens with two attached hydrogens (primary N) is 1. The summed E-state index contributed by atoms with van der Waals surface area (Å²) in [4.78, 5) is 16.8. The first-order valence-electron chi connectivity index (χ1n) is 8.36. The number of nitrogens with one attached hydrogen (secondary N) is 1. The number of benzene rings is 1. The molecule has 2 heterocycles. The molecule has 1 aliphatic heterocycles. The second-order valence-electron chi connectivity index (χ2n) is 6.05. The van der Waals surface area contributed by atoms with Crippen LogP contribution in [0.4, 0.5) is 5.13 Å². The number of thiazole rings is 1. The van der Waals surface area contributed by atoms with Crippen LogP contribution >= 0.6 is 11.3 Å². The van der Waals surface area contributed by atoms with Gasteiger partial charge in [0.2, 0.25) is 5.91 Å². The Morgan fingerprint density at radius 2 is 2.08 bits per heavy atom. The predicted octanol–water partition coefficient (Wildman–Crippen LogP) is 3.06. The summed E-state index contributed by atoms with van der Waals surface area (Å²) in [5.74, 6) is 0.0175. The first-order valence-corrected chi connectivity index (χ1v) is 9.24. The van der Waals surface area contributed by atoms with Crippen LogP contribution in [0.2, 0.25) is 0 Å². The zero-order valence-electron chi connectivity index (χ0n) is 13.8. The lowest BCUT2D eigenvalue weighted by molar-refractivity contribution is -0.119. The van der Waals surface area contributed by atoms with Gasteiger partial charge in [-0.2, -0.15) is 0 Å². The van der Waals surface area contributed by atoms with Gasteiger partial charge < -0.3 is 15.8 Å². The first-order chi connectivity index (χ1) is 11.7. The van der Waals surface area contributed by atoms with Crippen LogP contribution in [0, 0.1) is 5.92 Å². The van der Waals surface area contributed by atoms with Crippen molar-refractivity contribution in [2.24, 2.45) is 11.7 Å². The molecule has 128 valence electrons. The highest BCUT2D eigenvalue weighted by atomic mass is 32.1. The molecular weight excluding hydrogens is 322 g/mol. The lowest BCUT2D eigenvalue weighted by Crippen LogP contribution is -2.43. The van der Waals surface area contributed by atoms with Crippen LogP contribution in [-0.4, -0.2) is 30.1 Å². The van der Waals surface area contributed by atoms with E-state index in [1.54, 1.807) is 0 Å². The van der Waals surface area contributed by atoms with Crippen molar-refractivity contribution in [1.29, 1.82) is 0 Å². The van der Waals surface area contributed by atoms with Gasteiger partial charge in [-0.25, -0.2) is 4.98 Å². The zero-order chi connectivity index (χ0) is 16.9. The van der Waals surface area contributed by atoms with Crippen LogP contribution in [-0.2, 0) is 16.0 Å². The number of aryl methyl sites for hydroxylation is 1. The molecule has 5 nitrogen and oxygen atoms in total. The molecule has 1 saturated heterocycles. The lowest BCUT2D eigenvalue weighted by atomic mass is 9.92. The average molecular weight is 345 g/mol. The third-order valence-electron chi connectivity index (χ3n) is 4.47. The number of aromatic nitrogens is 1. The topological polar surface area (TPSA) is 77.2 Å². The normalized spacial score (nSPS) is 16.8. The molecule has 1 atom stereocenters. The molecule has 1 aliphatic rings. The molecule has 1 fully saturated rings. The van der Waals surface area contributed by atoms with E-state index in [1.807, 2.05) is 5.38 Å². The Hall–Kier alpha value is -1.76. The van der Waals surface area contributed by atoms with Crippen LogP contribution in [0.3, 0.4) is 0 Å². The fourth-order valence-corrected chi connectivity index (χ4v) is 3.58. The molecule has 1 amide bonds. The Kier molecular flexibility index (Phi) is 5.60. The summed E-state index contributed by atoms with van der Waals surface area (Å²) in [5.41, 5.74) is 9.32. The molecule has 6 heteroatoms. The van der Waals surface area contributed by atoms with Gasteiger partial charge in [-0.1, -0.05) is 31.2 Å². The number of carbonyl (C=O) groups excluding carboxylic acids is 1. The fraction of sp³-hybridized carbons (Fsp3) is 0.444. The second kappa shape index (κ2) is 7.88. The van der Waals surface area contributed by atoms with Gasteiger partial charge in [-0.05, 0) is 30.7 Å². The number of hydrogen-bond donors (Lipinski definition) is 2. The molecule has 3 rings (SSSR count). The van der Waals surface area contributed by atoms with Gasteiger partial charge in [-0.15, -0.1) is 11.3 Å². The van der Waals surface area contributed by atoms with E-state index in [0.29, 0.717) is 18.3 Å². The summed E-state index contributed by atoms with van der Waals surface area (Å²) in [6, 6.07) is 7.83. The standard InChI is InChI=1S/C18H23N3O2S/c1-2-12-3-5-13(6-4-12)15-11-24-18(20-15)21-17(22)16(19)14-7-9-23-10-8-14/h3-6,11,14,16H,2,7-10,19H2,1H3,(H,20,21,22). The van der Waals surface area contributed by atoms with Gasteiger partial charge in [-0.3, -0.25) is 4.79 Å². The number of nitrogens with zero attached hydrogens (tertiary/aromatic N) is 1. The van der Waals surface area contributed by atoms with Gasteiger partial charge in [0, 0.05) is 24.2 Å². The van der Waals surface area contributed by atoms with Crippen LogP contribution in [0.5, 0.6) is 0 Å². The average Bonchev–Trinajstić information content (AvgIpc) is 3.10. The number of rotatable bonds is 5. The van der Waals surface area contributed by atoms with Crippen molar-refractivity contribution in [3.63, 3.8) is 0 Å². The maximum atomic E-state index is 12.3. The molecule has 1 aromatic heterocycles. The summed E-state index contributed by atoms with van der Waals surface area (Å²) in [7, 11) is 0. The Labute approximate surface area is 146 Å².